The van der Waals surface area contributed by atoms with E-state index < -0.39 is 0 Å². The Kier molecular flexibility index (Phi) is 5.56. The zero-order chi connectivity index (χ0) is 12.1. The van der Waals surface area contributed by atoms with Crippen molar-refractivity contribution in [1.29, 1.82) is 0 Å². The van der Waals surface area contributed by atoms with E-state index in [1.54, 1.807) is 6.92 Å². The van der Waals surface area contributed by atoms with Gasteiger partial charge >= 0.3 is 0 Å². The maximum Gasteiger partial charge on any atom is 0.0524 e. The molecule has 4 heteroatoms. The Morgan fingerprint density at radius 3 is 2.38 bits per heavy atom. The lowest BCUT2D eigenvalue weighted by molar-refractivity contribution is 0.163. The lowest BCUT2D eigenvalue weighted by Crippen LogP contribution is -2.22. The first kappa shape index (κ1) is 13.8. The van der Waals surface area contributed by atoms with E-state index in [1.165, 1.54) is 0 Å². The van der Waals surface area contributed by atoms with Crippen molar-refractivity contribution >= 4 is 23.2 Å². The van der Waals surface area contributed by atoms with Gasteiger partial charge in [0.05, 0.1) is 6.10 Å². The number of aliphatic hydroxyl groups is 1. The topological polar surface area (TPSA) is 23.5 Å². The molecule has 0 bridgehead atoms. The van der Waals surface area contributed by atoms with Gasteiger partial charge in [-0.05, 0) is 32.5 Å². The lowest BCUT2D eigenvalue weighted by Gasteiger charge is -2.19. The van der Waals surface area contributed by atoms with E-state index in [-0.39, 0.29) is 6.10 Å². The molecule has 1 aromatic rings. The Labute approximate surface area is 107 Å². The molecule has 0 saturated carbocycles. The number of nitrogens with zero attached hydrogens (tertiary/aromatic N) is 1. The van der Waals surface area contributed by atoms with Crippen LogP contribution in [0.1, 0.15) is 18.9 Å². The molecule has 0 aromatic heterocycles. The summed E-state index contributed by atoms with van der Waals surface area (Å²) >= 11 is 12.2. The smallest absolute Gasteiger partial charge is 0.0524 e. The molecule has 0 aliphatic carbocycles. The number of hydrogen-bond donors (Lipinski definition) is 1. The van der Waals surface area contributed by atoms with Crippen LogP contribution in [0.15, 0.2) is 18.2 Å². The second-order valence-electron chi connectivity index (χ2n) is 4.08. The molecule has 0 spiro atoms. The second-order valence-corrected chi connectivity index (χ2v) is 4.89. The summed E-state index contributed by atoms with van der Waals surface area (Å²) in [5, 5.41) is 10.6. The summed E-state index contributed by atoms with van der Waals surface area (Å²) in [6.07, 6.45) is 0.475. The van der Waals surface area contributed by atoms with Gasteiger partial charge < -0.3 is 10.0 Å². The monoisotopic (exact) mass is 261 g/mol. The molecule has 0 fully saturated rings. The van der Waals surface area contributed by atoms with Gasteiger partial charge in [0.1, 0.15) is 0 Å². The molecule has 0 radical (unpaired) electrons. The average molecular weight is 262 g/mol. The Hall–Kier alpha value is -0.280. The third kappa shape index (κ3) is 4.30. The van der Waals surface area contributed by atoms with Crippen molar-refractivity contribution in [3.05, 3.63) is 33.8 Å². The summed E-state index contributed by atoms with van der Waals surface area (Å²) in [6.45, 7) is 3.31. The van der Waals surface area contributed by atoms with Crippen molar-refractivity contribution in [3.63, 3.8) is 0 Å². The molecule has 1 atom stereocenters. The van der Waals surface area contributed by atoms with E-state index in [9.17, 15) is 5.11 Å². The Bertz CT molecular complexity index is 322. The first-order chi connectivity index (χ1) is 7.50. The minimum Gasteiger partial charge on any atom is -0.393 e. The molecule has 90 valence electrons. The van der Waals surface area contributed by atoms with Crippen molar-refractivity contribution in [2.45, 2.75) is 26.0 Å². The molecule has 0 aliphatic heterocycles. The van der Waals surface area contributed by atoms with Crippen LogP contribution in [-0.2, 0) is 6.54 Å². The summed E-state index contributed by atoms with van der Waals surface area (Å²) < 4.78 is 0. The molecule has 16 heavy (non-hydrogen) atoms. The van der Waals surface area contributed by atoms with Crippen molar-refractivity contribution < 1.29 is 5.11 Å². The fourth-order valence-electron chi connectivity index (χ4n) is 1.44. The van der Waals surface area contributed by atoms with E-state index >= 15 is 0 Å². The van der Waals surface area contributed by atoms with Crippen LogP contribution >= 0.6 is 23.2 Å². The quantitative estimate of drug-likeness (QED) is 0.880. The highest BCUT2D eigenvalue weighted by molar-refractivity contribution is 6.35. The van der Waals surface area contributed by atoms with Gasteiger partial charge in [-0.3, -0.25) is 0 Å². The molecule has 1 N–H and O–H groups in total. The van der Waals surface area contributed by atoms with Crippen LogP contribution < -0.4 is 0 Å². The van der Waals surface area contributed by atoms with Crippen LogP contribution in [-0.4, -0.2) is 29.7 Å². The van der Waals surface area contributed by atoms with Crippen LogP contribution in [0.4, 0.5) is 0 Å². The first-order valence-corrected chi connectivity index (χ1v) is 6.05. The van der Waals surface area contributed by atoms with Crippen molar-refractivity contribution in [1.82, 2.24) is 4.90 Å². The molecule has 0 aliphatic rings. The normalized spacial score (nSPS) is 13.1. The highest BCUT2D eigenvalue weighted by Crippen LogP contribution is 2.25. The largest absolute Gasteiger partial charge is 0.393 e. The van der Waals surface area contributed by atoms with Gasteiger partial charge in [0, 0.05) is 28.7 Å². The van der Waals surface area contributed by atoms with Gasteiger partial charge in [-0.1, -0.05) is 29.3 Å². The zero-order valence-corrected chi connectivity index (χ0v) is 11.1. The van der Waals surface area contributed by atoms with Gasteiger partial charge in [-0.2, -0.15) is 0 Å². The number of halogens is 2. The van der Waals surface area contributed by atoms with Crippen LogP contribution in [0, 0.1) is 0 Å². The van der Waals surface area contributed by atoms with Gasteiger partial charge in [-0.25, -0.2) is 0 Å². The highest BCUT2D eigenvalue weighted by Gasteiger charge is 2.08. The van der Waals surface area contributed by atoms with Crippen LogP contribution in [0.25, 0.3) is 0 Å². The van der Waals surface area contributed by atoms with E-state index in [0.29, 0.717) is 16.6 Å². The Morgan fingerprint density at radius 1 is 1.31 bits per heavy atom. The van der Waals surface area contributed by atoms with Gasteiger partial charge in [-0.15, -0.1) is 0 Å². The fraction of sp³-hybridized carbons (Fsp3) is 0.500. The highest BCUT2D eigenvalue weighted by atomic mass is 35.5. The maximum atomic E-state index is 9.20. The molecule has 2 nitrogen and oxygen atoms in total. The van der Waals surface area contributed by atoms with Crippen molar-refractivity contribution in [2.24, 2.45) is 0 Å². The van der Waals surface area contributed by atoms with Gasteiger partial charge in [0.2, 0.25) is 0 Å². The van der Waals surface area contributed by atoms with Crippen molar-refractivity contribution in [3.8, 4) is 0 Å². The summed E-state index contributed by atoms with van der Waals surface area (Å²) in [5.41, 5.74) is 0.943. The molecule has 0 heterocycles. The third-order valence-electron chi connectivity index (χ3n) is 2.42. The first-order valence-electron chi connectivity index (χ1n) is 5.30. The standard InChI is InChI=1S/C12H17Cl2NO/c1-9(16)6-7-15(2)8-10-11(13)4-3-5-12(10)14/h3-5,9,16H,6-8H2,1-2H3. The Morgan fingerprint density at radius 2 is 1.88 bits per heavy atom. The second kappa shape index (κ2) is 6.45. The predicted octanol–water partition coefficient (Wildman–Crippen LogP) is 3.20. The molecule has 1 aromatic carbocycles. The van der Waals surface area contributed by atoms with Crippen LogP contribution in [0.3, 0.4) is 0 Å². The molecule has 0 amide bonds. The third-order valence-corrected chi connectivity index (χ3v) is 3.13. The number of hydrogen-bond acceptors (Lipinski definition) is 2. The zero-order valence-electron chi connectivity index (χ0n) is 9.58. The number of benzene rings is 1. The molecule has 0 saturated heterocycles. The molecular weight excluding hydrogens is 245 g/mol. The molecule has 1 unspecified atom stereocenters. The SMILES string of the molecule is CC(O)CCN(C)Cc1c(Cl)cccc1Cl. The minimum atomic E-state index is -0.274. The summed E-state index contributed by atoms with van der Waals surface area (Å²) in [7, 11) is 1.99. The van der Waals surface area contributed by atoms with Crippen molar-refractivity contribution in [2.75, 3.05) is 13.6 Å². The maximum absolute atomic E-state index is 9.20. The summed E-state index contributed by atoms with van der Waals surface area (Å²) in [4.78, 5) is 2.10. The van der Waals surface area contributed by atoms with Gasteiger partial charge in [0.25, 0.3) is 0 Å². The van der Waals surface area contributed by atoms with Crippen LogP contribution in [0.2, 0.25) is 10.0 Å². The van der Waals surface area contributed by atoms with E-state index in [1.807, 2.05) is 25.2 Å². The summed E-state index contributed by atoms with van der Waals surface area (Å²) in [6, 6.07) is 5.51. The van der Waals surface area contributed by atoms with Gasteiger partial charge in [0.15, 0.2) is 0 Å². The number of aliphatic hydroxyl groups excluding tert-OH is 1. The average Bonchev–Trinajstić information content (AvgIpc) is 2.21. The van der Waals surface area contributed by atoms with Crippen LogP contribution in [0.5, 0.6) is 0 Å². The molecular formula is C12H17Cl2NO. The minimum absolute atomic E-state index is 0.274. The van der Waals surface area contributed by atoms with E-state index in [4.69, 9.17) is 23.2 Å². The predicted molar refractivity (Wildman–Crippen MR) is 69.1 cm³/mol. The number of rotatable bonds is 5. The van der Waals surface area contributed by atoms with E-state index in [0.717, 1.165) is 18.5 Å². The van der Waals surface area contributed by atoms with E-state index in [2.05, 4.69) is 4.90 Å². The Balaban J connectivity index is 2.59. The fourth-order valence-corrected chi connectivity index (χ4v) is 1.96. The summed E-state index contributed by atoms with van der Waals surface area (Å²) in [5.74, 6) is 0. The molecule has 1 rings (SSSR count). The lowest BCUT2D eigenvalue weighted by atomic mass is 10.2.